The Bertz CT molecular complexity index is 259. The first-order chi connectivity index (χ1) is 6.26. The van der Waals surface area contributed by atoms with Gasteiger partial charge >= 0.3 is 0 Å². The number of ether oxygens (including phenoxy) is 1. The van der Waals surface area contributed by atoms with Crippen LogP contribution in [0.5, 0.6) is 0 Å². The smallest absolute Gasteiger partial charge is 0.0842 e. The topological polar surface area (TPSA) is 29.5 Å². The van der Waals surface area contributed by atoms with Crippen molar-refractivity contribution in [3.05, 3.63) is 34.3 Å². The highest BCUT2D eigenvalue weighted by molar-refractivity contribution is 9.10. The molecule has 0 aromatic heterocycles. The van der Waals surface area contributed by atoms with Gasteiger partial charge in [-0.25, -0.2) is 0 Å². The molecule has 0 radical (unpaired) electrons. The Morgan fingerprint density at radius 3 is 2.85 bits per heavy atom. The van der Waals surface area contributed by atoms with Gasteiger partial charge in [0.15, 0.2) is 0 Å². The quantitative estimate of drug-likeness (QED) is 0.879. The average Bonchev–Trinajstić information content (AvgIpc) is 2.14. The van der Waals surface area contributed by atoms with Gasteiger partial charge in [0.05, 0.1) is 12.7 Å². The number of benzene rings is 1. The van der Waals surface area contributed by atoms with E-state index in [2.05, 4.69) is 15.9 Å². The summed E-state index contributed by atoms with van der Waals surface area (Å²) in [5, 5.41) is 8.92. The normalized spacial score (nSPS) is 12.8. The van der Waals surface area contributed by atoms with Crippen molar-refractivity contribution in [3.8, 4) is 0 Å². The van der Waals surface area contributed by atoms with Crippen LogP contribution in [-0.2, 0) is 11.2 Å². The largest absolute Gasteiger partial charge is 0.394 e. The van der Waals surface area contributed by atoms with Crippen molar-refractivity contribution in [2.75, 3.05) is 13.7 Å². The second kappa shape index (κ2) is 5.37. The summed E-state index contributed by atoms with van der Waals surface area (Å²) in [6, 6.07) is 8.00. The van der Waals surface area contributed by atoms with Gasteiger partial charge in [0.1, 0.15) is 0 Å². The maximum Gasteiger partial charge on any atom is 0.0842 e. The van der Waals surface area contributed by atoms with Gasteiger partial charge < -0.3 is 9.84 Å². The molecule has 0 aliphatic rings. The van der Waals surface area contributed by atoms with Crippen LogP contribution in [0.25, 0.3) is 0 Å². The predicted molar refractivity (Wildman–Crippen MR) is 55.7 cm³/mol. The fraction of sp³-hybridized carbons (Fsp3) is 0.400. The predicted octanol–water partition coefficient (Wildman–Crippen LogP) is 2.00. The summed E-state index contributed by atoms with van der Waals surface area (Å²) in [6.45, 7) is 0.0585. The summed E-state index contributed by atoms with van der Waals surface area (Å²) in [4.78, 5) is 0. The molecule has 13 heavy (non-hydrogen) atoms. The minimum atomic E-state index is -0.103. The first-order valence-corrected chi connectivity index (χ1v) is 4.93. The van der Waals surface area contributed by atoms with E-state index in [1.807, 2.05) is 24.3 Å². The number of methoxy groups -OCH3 is 1. The van der Waals surface area contributed by atoms with E-state index in [1.54, 1.807) is 7.11 Å². The molecule has 2 nitrogen and oxygen atoms in total. The molecule has 1 rings (SSSR count). The van der Waals surface area contributed by atoms with Gasteiger partial charge in [0, 0.05) is 18.0 Å². The summed E-state index contributed by atoms with van der Waals surface area (Å²) in [5.74, 6) is 0. The zero-order valence-corrected chi connectivity index (χ0v) is 9.12. The molecule has 1 unspecified atom stereocenters. The minimum Gasteiger partial charge on any atom is -0.394 e. The van der Waals surface area contributed by atoms with Crippen LogP contribution >= 0.6 is 15.9 Å². The number of aliphatic hydroxyl groups is 1. The van der Waals surface area contributed by atoms with E-state index in [1.165, 1.54) is 0 Å². The third kappa shape index (κ3) is 3.46. The third-order valence-corrected chi connectivity index (χ3v) is 2.38. The Balaban J connectivity index is 2.62. The van der Waals surface area contributed by atoms with Gasteiger partial charge in [-0.3, -0.25) is 0 Å². The molecule has 0 bridgehead atoms. The number of halogens is 1. The van der Waals surface area contributed by atoms with E-state index in [9.17, 15) is 0 Å². The van der Waals surface area contributed by atoms with Crippen molar-refractivity contribution >= 4 is 15.9 Å². The highest BCUT2D eigenvalue weighted by Crippen LogP contribution is 2.13. The minimum absolute atomic E-state index is 0.0585. The molecule has 3 heteroatoms. The molecule has 1 N–H and O–H groups in total. The number of hydrogen-bond donors (Lipinski definition) is 1. The van der Waals surface area contributed by atoms with Crippen LogP contribution in [0.4, 0.5) is 0 Å². The third-order valence-electron chi connectivity index (χ3n) is 1.89. The first-order valence-electron chi connectivity index (χ1n) is 4.14. The van der Waals surface area contributed by atoms with Crippen molar-refractivity contribution in [2.45, 2.75) is 12.5 Å². The Hall–Kier alpha value is -0.380. The molecule has 1 atom stereocenters. The van der Waals surface area contributed by atoms with Gasteiger partial charge in [-0.15, -0.1) is 0 Å². The van der Waals surface area contributed by atoms with Crippen molar-refractivity contribution in [3.63, 3.8) is 0 Å². The van der Waals surface area contributed by atoms with E-state index >= 15 is 0 Å². The highest BCUT2D eigenvalue weighted by atomic mass is 79.9. The molecule has 0 spiro atoms. The second-order valence-electron chi connectivity index (χ2n) is 2.87. The fourth-order valence-corrected chi connectivity index (χ4v) is 1.60. The molecule has 0 saturated carbocycles. The van der Waals surface area contributed by atoms with Crippen molar-refractivity contribution < 1.29 is 9.84 Å². The van der Waals surface area contributed by atoms with Crippen LogP contribution in [0.3, 0.4) is 0 Å². The molecule has 0 fully saturated rings. The van der Waals surface area contributed by atoms with Crippen molar-refractivity contribution in [1.82, 2.24) is 0 Å². The standard InChI is InChI=1S/C10H13BrO2/c1-13-10(7-12)6-8-3-2-4-9(11)5-8/h2-5,10,12H,6-7H2,1H3. The van der Waals surface area contributed by atoms with E-state index in [4.69, 9.17) is 9.84 Å². The van der Waals surface area contributed by atoms with E-state index < -0.39 is 0 Å². The maximum atomic E-state index is 8.92. The number of rotatable bonds is 4. The zero-order chi connectivity index (χ0) is 9.68. The van der Waals surface area contributed by atoms with Crippen LogP contribution in [0, 0.1) is 0 Å². The number of hydrogen-bond acceptors (Lipinski definition) is 2. The van der Waals surface area contributed by atoms with E-state index in [-0.39, 0.29) is 12.7 Å². The van der Waals surface area contributed by atoms with Gasteiger partial charge in [-0.05, 0) is 17.7 Å². The van der Waals surface area contributed by atoms with Gasteiger partial charge in [-0.2, -0.15) is 0 Å². The lowest BCUT2D eigenvalue weighted by Crippen LogP contribution is -2.18. The summed E-state index contributed by atoms with van der Waals surface area (Å²) in [6.07, 6.45) is 0.640. The summed E-state index contributed by atoms with van der Waals surface area (Å²) >= 11 is 3.39. The Kier molecular flexibility index (Phi) is 4.42. The van der Waals surface area contributed by atoms with Gasteiger partial charge in [0.25, 0.3) is 0 Å². The summed E-state index contributed by atoms with van der Waals surface area (Å²) in [5.41, 5.74) is 1.16. The fourth-order valence-electron chi connectivity index (χ4n) is 1.15. The van der Waals surface area contributed by atoms with Gasteiger partial charge in [-0.1, -0.05) is 28.1 Å². The molecule has 72 valence electrons. The molecule has 0 heterocycles. The molecule has 1 aromatic carbocycles. The summed E-state index contributed by atoms with van der Waals surface area (Å²) < 4.78 is 6.13. The van der Waals surface area contributed by atoms with Gasteiger partial charge in [0.2, 0.25) is 0 Å². The summed E-state index contributed by atoms with van der Waals surface area (Å²) in [7, 11) is 1.61. The number of aliphatic hydroxyl groups excluding tert-OH is 1. The van der Waals surface area contributed by atoms with Crippen LogP contribution in [0.15, 0.2) is 28.7 Å². The lowest BCUT2D eigenvalue weighted by molar-refractivity contribution is 0.0495. The van der Waals surface area contributed by atoms with Crippen LogP contribution in [0.1, 0.15) is 5.56 Å². The molecule has 0 aliphatic carbocycles. The zero-order valence-electron chi connectivity index (χ0n) is 7.53. The first kappa shape index (κ1) is 10.7. The Morgan fingerprint density at radius 2 is 2.31 bits per heavy atom. The monoisotopic (exact) mass is 244 g/mol. The lowest BCUT2D eigenvalue weighted by Gasteiger charge is -2.11. The Labute approximate surface area is 86.7 Å². The van der Waals surface area contributed by atoms with Crippen molar-refractivity contribution in [1.29, 1.82) is 0 Å². The molecule has 1 aromatic rings. The second-order valence-corrected chi connectivity index (χ2v) is 3.79. The van der Waals surface area contributed by atoms with E-state index in [0.717, 1.165) is 16.5 Å². The molecular weight excluding hydrogens is 232 g/mol. The Morgan fingerprint density at radius 1 is 1.54 bits per heavy atom. The highest BCUT2D eigenvalue weighted by Gasteiger charge is 2.06. The maximum absolute atomic E-state index is 8.92. The molecule has 0 aliphatic heterocycles. The SMILES string of the molecule is COC(CO)Cc1cccc(Br)c1. The van der Waals surface area contributed by atoms with Crippen molar-refractivity contribution in [2.24, 2.45) is 0 Å². The van der Waals surface area contributed by atoms with Crippen LogP contribution in [0.2, 0.25) is 0 Å². The molecule has 0 saturated heterocycles. The van der Waals surface area contributed by atoms with Crippen LogP contribution < -0.4 is 0 Å². The lowest BCUT2D eigenvalue weighted by atomic mass is 10.1. The van der Waals surface area contributed by atoms with Crippen LogP contribution in [-0.4, -0.2) is 24.9 Å². The average molecular weight is 245 g/mol. The molecular formula is C10H13BrO2. The molecule has 0 amide bonds. The van der Waals surface area contributed by atoms with E-state index in [0.29, 0.717) is 0 Å².